The maximum Gasteiger partial charge on any atom is 0.260 e. The summed E-state index contributed by atoms with van der Waals surface area (Å²) in [5.41, 5.74) is 3.40. The van der Waals surface area contributed by atoms with Crippen molar-refractivity contribution >= 4 is 33.2 Å². The molecule has 2 aromatic heterocycles. The monoisotopic (exact) mass is 396 g/mol. The summed E-state index contributed by atoms with van der Waals surface area (Å²) >= 11 is 7.77. The van der Waals surface area contributed by atoms with Crippen LogP contribution in [0.25, 0.3) is 32.7 Å². The molecule has 0 spiro atoms. The van der Waals surface area contributed by atoms with Crippen LogP contribution in [-0.2, 0) is 0 Å². The van der Waals surface area contributed by atoms with Crippen LogP contribution in [0.2, 0.25) is 5.02 Å². The van der Waals surface area contributed by atoms with Gasteiger partial charge in [0.25, 0.3) is 5.56 Å². The lowest BCUT2D eigenvalue weighted by Crippen LogP contribution is -2.09. The molecule has 0 fully saturated rings. The lowest BCUT2D eigenvalue weighted by atomic mass is 10.0. The molecule has 4 rings (SSSR count). The van der Waals surface area contributed by atoms with Gasteiger partial charge in [-0.1, -0.05) is 35.4 Å². The van der Waals surface area contributed by atoms with Gasteiger partial charge in [0, 0.05) is 21.6 Å². The van der Waals surface area contributed by atoms with E-state index in [2.05, 4.69) is 9.97 Å². The molecule has 0 radical (unpaired) electrons. The highest BCUT2D eigenvalue weighted by Crippen LogP contribution is 2.41. The number of nitrogens with one attached hydrogen (secondary N) is 1. The van der Waals surface area contributed by atoms with Crippen LogP contribution in [-0.4, -0.2) is 17.1 Å². The van der Waals surface area contributed by atoms with Crippen LogP contribution in [0.4, 0.5) is 0 Å². The molecule has 27 heavy (non-hydrogen) atoms. The summed E-state index contributed by atoms with van der Waals surface area (Å²) in [5.74, 6) is 1.21. The summed E-state index contributed by atoms with van der Waals surface area (Å²) in [4.78, 5) is 22.3. The summed E-state index contributed by atoms with van der Waals surface area (Å²) in [7, 11) is 1.63. The number of fused-ring (bicyclic) bond motifs is 1. The van der Waals surface area contributed by atoms with E-state index in [0.29, 0.717) is 26.6 Å². The quantitative estimate of drug-likeness (QED) is 0.490. The summed E-state index contributed by atoms with van der Waals surface area (Å²) < 4.78 is 5.53. The average Bonchev–Trinajstić information content (AvgIpc) is 2.98. The van der Waals surface area contributed by atoms with Gasteiger partial charge in [-0.15, -0.1) is 11.3 Å². The Balaban J connectivity index is 2.01. The minimum atomic E-state index is -0.183. The normalized spacial score (nSPS) is 11.1. The van der Waals surface area contributed by atoms with Crippen LogP contribution in [0.1, 0.15) is 10.4 Å². The first-order chi connectivity index (χ1) is 13.0. The first-order valence-corrected chi connectivity index (χ1v) is 9.62. The Morgan fingerprint density at radius 2 is 1.89 bits per heavy atom. The van der Waals surface area contributed by atoms with Crippen LogP contribution in [0, 0.1) is 13.8 Å². The minimum absolute atomic E-state index is 0.183. The van der Waals surface area contributed by atoms with Gasteiger partial charge in [-0.3, -0.25) is 4.79 Å². The zero-order valence-corrected chi connectivity index (χ0v) is 16.7. The van der Waals surface area contributed by atoms with E-state index >= 15 is 0 Å². The SMILES string of the molecule is COc1ccc(C)cc1-c1c(C)sc2nc(-c3ccccc3Cl)[nH]c(=O)c12. The topological polar surface area (TPSA) is 55.0 Å². The van der Waals surface area contributed by atoms with Gasteiger partial charge in [0.05, 0.1) is 17.5 Å². The van der Waals surface area contributed by atoms with Crippen molar-refractivity contribution in [2.75, 3.05) is 7.11 Å². The standard InChI is InChI=1S/C21H17ClN2O2S/c1-11-8-9-16(26-3)14(10-11)17-12(2)27-21-18(17)20(25)23-19(24-21)13-6-4-5-7-15(13)22/h4-10H,1-3H3,(H,23,24,25). The molecule has 4 nitrogen and oxygen atoms in total. The maximum absolute atomic E-state index is 13.0. The summed E-state index contributed by atoms with van der Waals surface area (Å²) in [5, 5.41) is 1.13. The average molecular weight is 397 g/mol. The predicted molar refractivity (Wildman–Crippen MR) is 112 cm³/mol. The number of ether oxygens (including phenoxy) is 1. The van der Waals surface area contributed by atoms with Gasteiger partial charge in [-0.05, 0) is 38.1 Å². The molecule has 6 heteroatoms. The summed E-state index contributed by atoms with van der Waals surface area (Å²) in [6, 6.07) is 13.3. The Morgan fingerprint density at radius 3 is 2.63 bits per heavy atom. The second kappa shape index (κ2) is 6.83. The van der Waals surface area contributed by atoms with Crippen molar-refractivity contribution in [1.29, 1.82) is 0 Å². The van der Waals surface area contributed by atoms with E-state index in [4.69, 9.17) is 16.3 Å². The highest BCUT2D eigenvalue weighted by atomic mass is 35.5. The molecule has 0 saturated carbocycles. The number of methoxy groups -OCH3 is 1. The molecular formula is C21H17ClN2O2S. The predicted octanol–water partition coefficient (Wildman–Crippen LogP) is 5.60. The fourth-order valence-corrected chi connectivity index (χ4v) is 4.50. The smallest absolute Gasteiger partial charge is 0.260 e. The largest absolute Gasteiger partial charge is 0.496 e. The molecule has 0 saturated heterocycles. The number of aromatic amines is 1. The zero-order valence-electron chi connectivity index (χ0n) is 15.1. The molecule has 0 aliphatic heterocycles. The van der Waals surface area contributed by atoms with Gasteiger partial charge >= 0.3 is 0 Å². The molecule has 136 valence electrons. The first kappa shape index (κ1) is 17.8. The van der Waals surface area contributed by atoms with Crippen molar-refractivity contribution in [2.45, 2.75) is 13.8 Å². The van der Waals surface area contributed by atoms with Crippen LogP contribution in [0.15, 0.2) is 47.3 Å². The van der Waals surface area contributed by atoms with E-state index in [-0.39, 0.29) is 5.56 Å². The van der Waals surface area contributed by atoms with Crippen molar-refractivity contribution in [3.8, 4) is 28.3 Å². The molecule has 0 unspecified atom stereocenters. The maximum atomic E-state index is 13.0. The van der Waals surface area contributed by atoms with Gasteiger partial charge in [0.15, 0.2) is 0 Å². The zero-order chi connectivity index (χ0) is 19.1. The van der Waals surface area contributed by atoms with Crippen molar-refractivity contribution in [3.05, 3.63) is 68.3 Å². The van der Waals surface area contributed by atoms with Crippen molar-refractivity contribution in [1.82, 2.24) is 9.97 Å². The Kier molecular flexibility index (Phi) is 4.50. The fourth-order valence-electron chi connectivity index (χ4n) is 3.24. The molecule has 2 heterocycles. The Bertz CT molecular complexity index is 1230. The first-order valence-electron chi connectivity index (χ1n) is 8.43. The van der Waals surface area contributed by atoms with Crippen LogP contribution in [0.5, 0.6) is 5.75 Å². The van der Waals surface area contributed by atoms with E-state index in [1.54, 1.807) is 13.2 Å². The molecule has 0 amide bonds. The molecule has 1 N–H and O–H groups in total. The van der Waals surface area contributed by atoms with Gasteiger partial charge in [-0.25, -0.2) is 4.98 Å². The number of benzene rings is 2. The van der Waals surface area contributed by atoms with Crippen molar-refractivity contribution in [2.24, 2.45) is 0 Å². The number of hydrogen-bond acceptors (Lipinski definition) is 4. The number of aromatic nitrogens is 2. The van der Waals surface area contributed by atoms with Gasteiger partial charge in [-0.2, -0.15) is 0 Å². The number of rotatable bonds is 3. The number of thiophene rings is 1. The molecule has 0 atom stereocenters. The third kappa shape index (κ3) is 3.03. The molecule has 4 aromatic rings. The minimum Gasteiger partial charge on any atom is -0.496 e. The van der Waals surface area contributed by atoms with E-state index in [9.17, 15) is 4.79 Å². The number of nitrogens with zero attached hydrogens (tertiary/aromatic N) is 1. The van der Waals surface area contributed by atoms with Crippen molar-refractivity contribution < 1.29 is 4.74 Å². The third-order valence-electron chi connectivity index (χ3n) is 4.49. The van der Waals surface area contributed by atoms with Crippen LogP contribution in [0.3, 0.4) is 0 Å². The number of H-pyrrole nitrogens is 1. The highest BCUT2D eigenvalue weighted by molar-refractivity contribution is 7.19. The Morgan fingerprint density at radius 1 is 1.11 bits per heavy atom. The molecule has 0 aliphatic carbocycles. The second-order valence-corrected chi connectivity index (χ2v) is 7.92. The van der Waals surface area contributed by atoms with E-state index < -0.39 is 0 Å². The third-order valence-corrected chi connectivity index (χ3v) is 5.82. The van der Waals surface area contributed by atoms with Gasteiger partial charge < -0.3 is 9.72 Å². The molecule has 0 bridgehead atoms. The van der Waals surface area contributed by atoms with Crippen LogP contribution >= 0.6 is 22.9 Å². The molecular weight excluding hydrogens is 380 g/mol. The number of hydrogen-bond donors (Lipinski definition) is 1. The van der Waals surface area contributed by atoms with Crippen molar-refractivity contribution in [3.63, 3.8) is 0 Å². The van der Waals surface area contributed by atoms with Crippen LogP contribution < -0.4 is 10.3 Å². The number of aryl methyl sites for hydroxylation is 2. The lowest BCUT2D eigenvalue weighted by molar-refractivity contribution is 0.416. The second-order valence-electron chi connectivity index (χ2n) is 6.31. The highest BCUT2D eigenvalue weighted by Gasteiger charge is 2.20. The fraction of sp³-hybridized carbons (Fsp3) is 0.143. The Hall–Kier alpha value is -2.63. The summed E-state index contributed by atoms with van der Waals surface area (Å²) in [6.45, 7) is 4.02. The van der Waals surface area contributed by atoms with E-state index in [1.807, 2.05) is 50.2 Å². The van der Waals surface area contributed by atoms with E-state index in [1.165, 1.54) is 11.3 Å². The van der Waals surface area contributed by atoms with Gasteiger partial charge in [0.2, 0.25) is 0 Å². The van der Waals surface area contributed by atoms with E-state index in [0.717, 1.165) is 27.3 Å². The lowest BCUT2D eigenvalue weighted by Gasteiger charge is -2.10. The Labute approximate surface area is 165 Å². The number of halogens is 1. The molecule has 0 aliphatic rings. The van der Waals surface area contributed by atoms with Gasteiger partial charge in [0.1, 0.15) is 16.4 Å². The summed E-state index contributed by atoms with van der Waals surface area (Å²) in [6.07, 6.45) is 0. The molecule has 2 aromatic carbocycles.